The van der Waals surface area contributed by atoms with Crippen LogP contribution in [0.3, 0.4) is 0 Å². The average Bonchev–Trinajstić information content (AvgIpc) is 2.76. The van der Waals surface area contributed by atoms with Crippen LogP contribution in [0.15, 0.2) is 5.16 Å². The molecule has 0 spiro atoms. The fraction of sp³-hybridized carbons (Fsp3) is 0.714. The van der Waals surface area contributed by atoms with Gasteiger partial charge in [-0.15, -0.1) is 10.2 Å². The van der Waals surface area contributed by atoms with Crippen molar-refractivity contribution in [2.75, 3.05) is 19.4 Å². The Balaban J connectivity index is 1.70. The van der Waals surface area contributed by atoms with Crippen molar-refractivity contribution in [3.05, 3.63) is 5.82 Å². The standard InChI is InChI=1S/C14H22N4O3S/c1-21-13(20)7-5-8-15-12(19)10-22-14-17-16-11-6-3-2-4-9-18(11)14/h2-10H2,1H3,(H,15,19). The van der Waals surface area contributed by atoms with Gasteiger partial charge in [0, 0.05) is 25.9 Å². The number of hydrogen-bond donors (Lipinski definition) is 1. The average molecular weight is 326 g/mol. The van der Waals surface area contributed by atoms with Crippen LogP contribution in [0.2, 0.25) is 0 Å². The molecule has 0 saturated carbocycles. The van der Waals surface area contributed by atoms with Crippen molar-refractivity contribution in [2.24, 2.45) is 0 Å². The van der Waals surface area contributed by atoms with Crippen molar-refractivity contribution in [3.63, 3.8) is 0 Å². The van der Waals surface area contributed by atoms with E-state index in [0.29, 0.717) is 25.1 Å². The van der Waals surface area contributed by atoms with Gasteiger partial charge in [-0.1, -0.05) is 18.2 Å². The van der Waals surface area contributed by atoms with Crippen molar-refractivity contribution in [3.8, 4) is 0 Å². The van der Waals surface area contributed by atoms with Crippen LogP contribution in [-0.4, -0.2) is 46.0 Å². The first kappa shape index (κ1) is 16.8. The molecule has 22 heavy (non-hydrogen) atoms. The highest BCUT2D eigenvalue weighted by molar-refractivity contribution is 7.99. The second-order valence-corrected chi connectivity index (χ2v) is 6.12. The minimum atomic E-state index is -0.255. The van der Waals surface area contributed by atoms with E-state index in [9.17, 15) is 9.59 Å². The summed E-state index contributed by atoms with van der Waals surface area (Å²) in [5, 5.41) is 12.0. The highest BCUT2D eigenvalue weighted by Crippen LogP contribution is 2.21. The van der Waals surface area contributed by atoms with E-state index in [1.807, 2.05) is 0 Å². The van der Waals surface area contributed by atoms with Crippen molar-refractivity contribution >= 4 is 23.6 Å². The predicted octanol–water partition coefficient (Wildman–Crippen LogP) is 1.17. The van der Waals surface area contributed by atoms with Crippen LogP contribution in [0.5, 0.6) is 0 Å². The minimum absolute atomic E-state index is 0.0548. The molecule has 122 valence electrons. The maximum atomic E-state index is 11.8. The first-order valence-electron chi connectivity index (χ1n) is 7.59. The Hall–Kier alpha value is -1.57. The van der Waals surface area contributed by atoms with Crippen molar-refractivity contribution < 1.29 is 14.3 Å². The molecule has 0 aromatic carbocycles. The first-order valence-corrected chi connectivity index (χ1v) is 8.57. The zero-order valence-corrected chi connectivity index (χ0v) is 13.7. The summed E-state index contributed by atoms with van der Waals surface area (Å²) in [6.07, 6.45) is 5.38. The van der Waals surface area contributed by atoms with E-state index in [4.69, 9.17) is 0 Å². The monoisotopic (exact) mass is 326 g/mol. The molecule has 1 aromatic rings. The van der Waals surface area contributed by atoms with Crippen molar-refractivity contribution in [2.45, 2.75) is 50.2 Å². The van der Waals surface area contributed by atoms with Crippen LogP contribution in [0.4, 0.5) is 0 Å². The molecule has 0 radical (unpaired) electrons. The third kappa shape index (κ3) is 5.01. The third-order valence-electron chi connectivity index (χ3n) is 3.52. The molecular formula is C14H22N4O3S. The highest BCUT2D eigenvalue weighted by atomic mass is 32.2. The van der Waals surface area contributed by atoms with E-state index in [1.54, 1.807) is 0 Å². The molecule has 2 heterocycles. The lowest BCUT2D eigenvalue weighted by molar-refractivity contribution is -0.140. The summed E-state index contributed by atoms with van der Waals surface area (Å²) in [5.41, 5.74) is 0. The Labute approximate surface area is 134 Å². The highest BCUT2D eigenvalue weighted by Gasteiger charge is 2.15. The Bertz CT molecular complexity index is 518. The number of rotatable bonds is 7. The second kappa shape index (κ2) is 8.77. The lowest BCUT2D eigenvalue weighted by Crippen LogP contribution is -2.26. The zero-order chi connectivity index (χ0) is 15.8. The minimum Gasteiger partial charge on any atom is -0.469 e. The molecule has 1 aromatic heterocycles. The Morgan fingerprint density at radius 2 is 2.18 bits per heavy atom. The van der Waals surface area contributed by atoms with E-state index < -0.39 is 0 Å². The van der Waals surface area contributed by atoms with Gasteiger partial charge in [-0.05, 0) is 19.3 Å². The molecule has 0 unspecified atom stereocenters. The van der Waals surface area contributed by atoms with Gasteiger partial charge in [0.25, 0.3) is 0 Å². The van der Waals surface area contributed by atoms with Crippen LogP contribution >= 0.6 is 11.8 Å². The molecule has 8 heteroatoms. The van der Waals surface area contributed by atoms with Crippen LogP contribution in [0, 0.1) is 0 Å². The molecule has 0 fully saturated rings. The van der Waals surface area contributed by atoms with Gasteiger partial charge in [0.1, 0.15) is 5.82 Å². The Kier molecular flexibility index (Phi) is 6.70. The van der Waals surface area contributed by atoms with E-state index in [0.717, 1.165) is 36.8 Å². The SMILES string of the molecule is COC(=O)CCCNC(=O)CSc1nnc2n1CCCCC2. The molecule has 1 N–H and O–H groups in total. The van der Waals surface area contributed by atoms with Gasteiger partial charge < -0.3 is 14.6 Å². The molecule has 0 bridgehead atoms. The first-order chi connectivity index (χ1) is 10.7. The molecule has 1 amide bonds. The van der Waals surface area contributed by atoms with E-state index in [1.165, 1.54) is 25.3 Å². The Morgan fingerprint density at radius 3 is 3.00 bits per heavy atom. The number of methoxy groups -OCH3 is 1. The van der Waals surface area contributed by atoms with Gasteiger partial charge in [-0.3, -0.25) is 9.59 Å². The van der Waals surface area contributed by atoms with Gasteiger partial charge in [0.15, 0.2) is 5.16 Å². The quantitative estimate of drug-likeness (QED) is 0.460. The van der Waals surface area contributed by atoms with Crippen LogP contribution in [0.1, 0.15) is 37.9 Å². The number of nitrogens with one attached hydrogen (secondary N) is 1. The van der Waals surface area contributed by atoms with Crippen molar-refractivity contribution in [1.29, 1.82) is 0 Å². The maximum absolute atomic E-state index is 11.8. The molecule has 1 aliphatic rings. The van der Waals surface area contributed by atoms with Gasteiger partial charge in [0.05, 0.1) is 12.9 Å². The van der Waals surface area contributed by atoms with Crippen LogP contribution in [-0.2, 0) is 27.3 Å². The molecule has 2 rings (SSSR count). The van der Waals surface area contributed by atoms with Crippen LogP contribution in [0.25, 0.3) is 0 Å². The number of hydrogen-bond acceptors (Lipinski definition) is 6. The summed E-state index contributed by atoms with van der Waals surface area (Å²) in [5.74, 6) is 1.03. The number of aryl methyl sites for hydroxylation is 1. The lowest BCUT2D eigenvalue weighted by atomic mass is 10.2. The summed E-state index contributed by atoms with van der Waals surface area (Å²) < 4.78 is 6.67. The molecule has 1 aliphatic heterocycles. The molecule has 7 nitrogen and oxygen atoms in total. The maximum Gasteiger partial charge on any atom is 0.305 e. The summed E-state index contributed by atoms with van der Waals surface area (Å²) in [7, 11) is 1.36. The largest absolute Gasteiger partial charge is 0.469 e. The Morgan fingerprint density at radius 1 is 1.32 bits per heavy atom. The van der Waals surface area contributed by atoms with Crippen LogP contribution < -0.4 is 5.32 Å². The van der Waals surface area contributed by atoms with Gasteiger partial charge in [0.2, 0.25) is 5.91 Å². The third-order valence-corrected chi connectivity index (χ3v) is 4.48. The second-order valence-electron chi connectivity index (χ2n) is 5.18. The van der Waals surface area contributed by atoms with E-state index in [-0.39, 0.29) is 11.9 Å². The number of esters is 1. The molecule has 0 saturated heterocycles. The van der Waals surface area contributed by atoms with E-state index in [2.05, 4.69) is 24.8 Å². The molecule has 0 atom stereocenters. The summed E-state index contributed by atoms with van der Waals surface area (Å²) in [4.78, 5) is 22.7. The molecule has 0 aliphatic carbocycles. The summed E-state index contributed by atoms with van der Waals surface area (Å²) in [6.45, 7) is 1.41. The smallest absolute Gasteiger partial charge is 0.305 e. The number of thioether (sulfide) groups is 1. The fourth-order valence-electron chi connectivity index (χ4n) is 2.31. The lowest BCUT2D eigenvalue weighted by Gasteiger charge is -2.07. The van der Waals surface area contributed by atoms with E-state index >= 15 is 0 Å². The number of nitrogens with zero attached hydrogens (tertiary/aromatic N) is 3. The normalized spacial score (nSPS) is 14.0. The number of amides is 1. The summed E-state index contributed by atoms with van der Waals surface area (Å²) >= 11 is 1.41. The van der Waals surface area contributed by atoms with Gasteiger partial charge >= 0.3 is 5.97 Å². The molecular weight excluding hydrogens is 304 g/mol. The van der Waals surface area contributed by atoms with Gasteiger partial charge in [-0.25, -0.2) is 0 Å². The number of fused-ring (bicyclic) bond motifs is 1. The number of carbonyl (C=O) groups is 2. The number of aromatic nitrogens is 3. The zero-order valence-electron chi connectivity index (χ0n) is 12.8. The number of carbonyl (C=O) groups excluding carboxylic acids is 2. The van der Waals surface area contributed by atoms with Crippen molar-refractivity contribution in [1.82, 2.24) is 20.1 Å². The summed E-state index contributed by atoms with van der Waals surface area (Å²) in [6, 6.07) is 0. The number of ether oxygens (including phenoxy) is 1. The predicted molar refractivity (Wildman–Crippen MR) is 82.6 cm³/mol. The topological polar surface area (TPSA) is 86.1 Å². The van der Waals surface area contributed by atoms with Gasteiger partial charge in [-0.2, -0.15) is 0 Å². The fourth-order valence-corrected chi connectivity index (χ4v) is 3.12.